The molecule has 1 atom stereocenters. The first-order valence-corrected chi connectivity index (χ1v) is 6.18. The molecular formula is C13H14F3N3O. The number of nitriles is 1. The number of hydrogen-bond donors (Lipinski definition) is 2. The molecule has 1 aromatic carbocycles. The van der Waals surface area contributed by atoms with Gasteiger partial charge >= 0.3 is 6.18 Å². The van der Waals surface area contributed by atoms with Crippen LogP contribution in [0.15, 0.2) is 18.2 Å². The Balaban J connectivity index is 2.44. The molecule has 0 aliphatic carbocycles. The molecule has 20 heavy (non-hydrogen) atoms. The van der Waals surface area contributed by atoms with Crippen LogP contribution in [-0.4, -0.2) is 42.4 Å². The molecule has 2 rings (SSSR count). The smallest absolute Gasteiger partial charge is 0.408 e. The highest BCUT2D eigenvalue weighted by Gasteiger charge is 2.46. The zero-order valence-corrected chi connectivity index (χ0v) is 10.6. The number of nitrogens with one attached hydrogen (secondary N) is 1. The third-order valence-corrected chi connectivity index (χ3v) is 3.31. The Hall–Kier alpha value is -1.78. The average Bonchev–Trinajstić information content (AvgIpc) is 2.41. The Kier molecular flexibility index (Phi) is 4.16. The van der Waals surface area contributed by atoms with Crippen LogP contribution in [0.3, 0.4) is 0 Å². The molecule has 1 aliphatic heterocycles. The third kappa shape index (κ3) is 2.86. The first kappa shape index (κ1) is 14.6. The van der Waals surface area contributed by atoms with Gasteiger partial charge in [0.25, 0.3) is 0 Å². The van der Waals surface area contributed by atoms with Crippen LogP contribution in [0, 0.1) is 11.3 Å². The number of rotatable bonds is 2. The van der Waals surface area contributed by atoms with Crippen LogP contribution in [0.5, 0.6) is 5.75 Å². The van der Waals surface area contributed by atoms with Gasteiger partial charge in [0.1, 0.15) is 17.9 Å². The lowest BCUT2D eigenvalue weighted by Crippen LogP contribution is -2.49. The van der Waals surface area contributed by atoms with Crippen molar-refractivity contribution in [2.75, 3.05) is 26.2 Å². The Morgan fingerprint density at radius 3 is 2.50 bits per heavy atom. The van der Waals surface area contributed by atoms with Crippen molar-refractivity contribution in [1.29, 1.82) is 5.26 Å². The summed E-state index contributed by atoms with van der Waals surface area (Å²) in [4.78, 5) is 1.27. The minimum Gasteiger partial charge on any atom is -0.506 e. The van der Waals surface area contributed by atoms with Crippen LogP contribution in [0.25, 0.3) is 0 Å². The molecule has 1 saturated heterocycles. The van der Waals surface area contributed by atoms with Crippen LogP contribution in [-0.2, 0) is 0 Å². The summed E-state index contributed by atoms with van der Waals surface area (Å²) in [6.07, 6.45) is -4.51. The highest BCUT2D eigenvalue weighted by molar-refractivity contribution is 5.49. The van der Waals surface area contributed by atoms with Crippen molar-refractivity contribution in [2.24, 2.45) is 0 Å². The fourth-order valence-corrected chi connectivity index (χ4v) is 2.39. The number of benzene rings is 1. The lowest BCUT2D eigenvalue weighted by molar-refractivity contribution is -0.188. The fraction of sp³-hybridized carbons (Fsp3) is 0.462. The van der Waals surface area contributed by atoms with E-state index in [0.29, 0.717) is 13.1 Å². The molecule has 1 fully saturated rings. The van der Waals surface area contributed by atoms with E-state index in [1.807, 2.05) is 0 Å². The third-order valence-electron chi connectivity index (χ3n) is 3.31. The summed E-state index contributed by atoms with van der Waals surface area (Å²) >= 11 is 0. The SMILES string of the molecule is N#Cc1cccc([C@@H](N2CCNCC2)C(F)(F)F)c1O. The van der Waals surface area contributed by atoms with E-state index in [-0.39, 0.29) is 24.2 Å². The van der Waals surface area contributed by atoms with Gasteiger partial charge < -0.3 is 10.4 Å². The monoisotopic (exact) mass is 285 g/mol. The molecule has 108 valence electrons. The Labute approximate surface area is 114 Å². The number of nitrogens with zero attached hydrogens (tertiary/aromatic N) is 2. The van der Waals surface area contributed by atoms with Crippen molar-refractivity contribution in [1.82, 2.24) is 10.2 Å². The Morgan fingerprint density at radius 1 is 1.30 bits per heavy atom. The van der Waals surface area contributed by atoms with Gasteiger partial charge in [-0.1, -0.05) is 12.1 Å². The van der Waals surface area contributed by atoms with Gasteiger partial charge in [0.2, 0.25) is 0 Å². The Bertz CT molecular complexity index is 519. The molecule has 0 unspecified atom stereocenters. The predicted molar refractivity (Wildman–Crippen MR) is 66.1 cm³/mol. The number of halogens is 3. The van der Waals surface area contributed by atoms with Gasteiger partial charge in [0.05, 0.1) is 5.56 Å². The van der Waals surface area contributed by atoms with E-state index < -0.39 is 18.0 Å². The van der Waals surface area contributed by atoms with E-state index in [2.05, 4.69) is 5.32 Å². The summed E-state index contributed by atoms with van der Waals surface area (Å²) in [5.41, 5.74) is -0.412. The maximum atomic E-state index is 13.3. The number of alkyl halides is 3. The zero-order chi connectivity index (χ0) is 14.8. The van der Waals surface area contributed by atoms with Crippen LogP contribution < -0.4 is 5.32 Å². The molecule has 4 nitrogen and oxygen atoms in total. The molecule has 1 heterocycles. The molecule has 0 radical (unpaired) electrons. The predicted octanol–water partition coefficient (Wildman–Crippen LogP) is 1.77. The average molecular weight is 285 g/mol. The number of aromatic hydroxyl groups is 1. The molecule has 0 aromatic heterocycles. The minimum absolute atomic E-state index is 0.146. The minimum atomic E-state index is -4.51. The van der Waals surface area contributed by atoms with Crippen molar-refractivity contribution < 1.29 is 18.3 Å². The number of phenolic OH excluding ortho intramolecular Hbond substituents is 1. The van der Waals surface area contributed by atoms with Crippen LogP contribution in [0.2, 0.25) is 0 Å². The summed E-state index contributed by atoms with van der Waals surface area (Å²) < 4.78 is 40.0. The van der Waals surface area contributed by atoms with E-state index in [1.165, 1.54) is 23.1 Å². The molecule has 0 amide bonds. The molecule has 0 bridgehead atoms. The largest absolute Gasteiger partial charge is 0.506 e. The first-order valence-electron chi connectivity index (χ1n) is 6.18. The summed E-state index contributed by atoms with van der Waals surface area (Å²) in [7, 11) is 0. The maximum Gasteiger partial charge on any atom is 0.408 e. The standard InChI is InChI=1S/C13H14F3N3O/c14-13(15,16)12(19-6-4-18-5-7-19)10-3-1-2-9(8-17)11(10)20/h1-3,12,18,20H,4-7H2/t12-/m1/s1. The molecule has 0 spiro atoms. The van der Waals surface area contributed by atoms with Gasteiger partial charge in [-0.15, -0.1) is 0 Å². The van der Waals surface area contributed by atoms with Gasteiger partial charge in [0, 0.05) is 31.7 Å². The normalized spacial score (nSPS) is 18.5. The number of piperazine rings is 1. The molecule has 1 aromatic rings. The lowest BCUT2D eigenvalue weighted by atomic mass is 10.00. The van der Waals surface area contributed by atoms with E-state index in [0.717, 1.165) is 0 Å². The second-order valence-corrected chi connectivity index (χ2v) is 4.59. The number of hydrogen-bond acceptors (Lipinski definition) is 4. The highest BCUT2D eigenvalue weighted by atomic mass is 19.4. The van der Waals surface area contributed by atoms with Gasteiger partial charge in [0.15, 0.2) is 0 Å². The topological polar surface area (TPSA) is 59.3 Å². The Morgan fingerprint density at radius 2 is 1.95 bits per heavy atom. The van der Waals surface area contributed by atoms with Crippen molar-refractivity contribution in [2.45, 2.75) is 12.2 Å². The molecule has 0 saturated carbocycles. The molecular weight excluding hydrogens is 271 g/mol. The van der Waals surface area contributed by atoms with Crippen LogP contribution >= 0.6 is 0 Å². The second-order valence-electron chi connectivity index (χ2n) is 4.59. The van der Waals surface area contributed by atoms with Gasteiger partial charge in [-0.2, -0.15) is 18.4 Å². The van der Waals surface area contributed by atoms with Gasteiger partial charge in [-0.3, -0.25) is 4.90 Å². The molecule has 1 aliphatic rings. The summed E-state index contributed by atoms with van der Waals surface area (Å²) in [6.45, 7) is 1.40. The highest BCUT2D eigenvalue weighted by Crippen LogP contribution is 2.42. The van der Waals surface area contributed by atoms with Gasteiger partial charge in [-0.05, 0) is 6.07 Å². The van der Waals surface area contributed by atoms with Crippen LogP contribution in [0.1, 0.15) is 17.2 Å². The van der Waals surface area contributed by atoms with E-state index in [4.69, 9.17) is 5.26 Å². The maximum absolute atomic E-state index is 13.3. The molecule has 7 heteroatoms. The first-order chi connectivity index (χ1) is 9.45. The van der Waals surface area contributed by atoms with Crippen molar-refractivity contribution in [3.05, 3.63) is 29.3 Å². The van der Waals surface area contributed by atoms with Crippen LogP contribution in [0.4, 0.5) is 13.2 Å². The summed E-state index contributed by atoms with van der Waals surface area (Å²) in [6, 6.07) is 3.68. The zero-order valence-electron chi connectivity index (χ0n) is 10.6. The number of para-hydroxylation sites is 1. The van der Waals surface area contributed by atoms with E-state index >= 15 is 0 Å². The quantitative estimate of drug-likeness (QED) is 0.869. The summed E-state index contributed by atoms with van der Waals surface area (Å²) in [5, 5.41) is 21.7. The molecule has 2 N–H and O–H groups in total. The van der Waals surface area contributed by atoms with E-state index in [9.17, 15) is 18.3 Å². The summed E-state index contributed by atoms with van der Waals surface area (Å²) in [5.74, 6) is -0.587. The van der Waals surface area contributed by atoms with Crippen molar-refractivity contribution in [3.8, 4) is 11.8 Å². The fourth-order valence-electron chi connectivity index (χ4n) is 2.39. The number of phenols is 1. The second kappa shape index (κ2) is 5.69. The van der Waals surface area contributed by atoms with Crippen molar-refractivity contribution in [3.63, 3.8) is 0 Å². The van der Waals surface area contributed by atoms with Gasteiger partial charge in [-0.25, -0.2) is 0 Å². The lowest BCUT2D eigenvalue weighted by Gasteiger charge is -2.36. The van der Waals surface area contributed by atoms with E-state index in [1.54, 1.807) is 6.07 Å². The van der Waals surface area contributed by atoms with Crippen molar-refractivity contribution >= 4 is 0 Å².